The Balaban J connectivity index is 2.02. The first kappa shape index (κ1) is 17.4. The summed E-state index contributed by atoms with van der Waals surface area (Å²) in [4.78, 5) is 47.8. The van der Waals surface area contributed by atoms with Gasteiger partial charge in [-0.05, 0) is 18.1 Å². The molecule has 0 spiro atoms. The lowest BCUT2D eigenvalue weighted by Gasteiger charge is -2.14. The van der Waals surface area contributed by atoms with Crippen LogP contribution in [0.1, 0.15) is 25.3 Å². The first-order valence-electron chi connectivity index (χ1n) is 7.52. The lowest BCUT2D eigenvalue weighted by molar-refractivity contribution is -0.152. The third-order valence-corrected chi connectivity index (χ3v) is 3.34. The minimum Gasteiger partial charge on any atom is -0.451 e. The number of nitrogens with zero attached hydrogens (tertiary/aromatic N) is 1. The number of hydrogen-bond acceptors (Lipinski definition) is 5. The van der Waals surface area contributed by atoms with Gasteiger partial charge in [0, 0.05) is 19.9 Å². The Bertz CT molecular complexity index is 681. The van der Waals surface area contributed by atoms with Gasteiger partial charge >= 0.3 is 5.97 Å². The van der Waals surface area contributed by atoms with E-state index >= 15 is 0 Å². The first-order chi connectivity index (χ1) is 11.5. The molecule has 1 N–H and O–H groups in total. The van der Waals surface area contributed by atoms with Gasteiger partial charge in [-0.15, -0.1) is 0 Å². The molecule has 1 aromatic rings. The molecule has 0 aliphatic carbocycles. The second-order valence-electron chi connectivity index (χ2n) is 5.27. The summed E-state index contributed by atoms with van der Waals surface area (Å²) >= 11 is 0. The largest absolute Gasteiger partial charge is 0.451 e. The van der Waals surface area contributed by atoms with Gasteiger partial charge in [0.15, 0.2) is 6.61 Å². The van der Waals surface area contributed by atoms with E-state index in [9.17, 15) is 19.2 Å². The summed E-state index contributed by atoms with van der Waals surface area (Å²) in [6.07, 6.45) is 2.39. The SMILES string of the molecule is CC(=O)N/C(=C\c1ccccc1)C(=O)OCC(=O)N1CCCC1=O. The molecule has 0 saturated carbocycles. The normalized spacial score (nSPS) is 14.5. The van der Waals surface area contributed by atoms with Crippen molar-refractivity contribution in [2.24, 2.45) is 0 Å². The predicted octanol–water partition coefficient (Wildman–Crippen LogP) is 0.856. The molecule has 1 aliphatic rings. The monoisotopic (exact) mass is 330 g/mol. The van der Waals surface area contributed by atoms with Crippen LogP contribution >= 0.6 is 0 Å². The minimum absolute atomic E-state index is 0.0748. The average Bonchev–Trinajstić information content (AvgIpc) is 2.98. The van der Waals surface area contributed by atoms with E-state index in [1.165, 1.54) is 13.0 Å². The van der Waals surface area contributed by atoms with Crippen molar-refractivity contribution in [1.82, 2.24) is 10.2 Å². The van der Waals surface area contributed by atoms with Crippen molar-refractivity contribution in [3.8, 4) is 0 Å². The van der Waals surface area contributed by atoms with E-state index in [1.807, 2.05) is 6.07 Å². The molecular weight excluding hydrogens is 312 g/mol. The number of rotatable bonds is 5. The predicted molar refractivity (Wildman–Crippen MR) is 85.1 cm³/mol. The van der Waals surface area contributed by atoms with E-state index < -0.39 is 24.4 Å². The Labute approximate surface area is 139 Å². The molecule has 7 heteroatoms. The van der Waals surface area contributed by atoms with Gasteiger partial charge in [-0.3, -0.25) is 19.3 Å². The molecule has 126 valence electrons. The van der Waals surface area contributed by atoms with Crippen molar-refractivity contribution in [3.63, 3.8) is 0 Å². The number of carbonyl (C=O) groups is 4. The summed E-state index contributed by atoms with van der Waals surface area (Å²) in [7, 11) is 0. The number of imide groups is 1. The van der Waals surface area contributed by atoms with E-state index in [2.05, 4.69) is 5.32 Å². The fourth-order valence-electron chi connectivity index (χ4n) is 2.25. The molecule has 0 aromatic heterocycles. The van der Waals surface area contributed by atoms with Crippen molar-refractivity contribution in [2.75, 3.05) is 13.2 Å². The summed E-state index contributed by atoms with van der Waals surface area (Å²) in [5.41, 5.74) is 0.619. The van der Waals surface area contributed by atoms with E-state index in [4.69, 9.17) is 4.74 Å². The third-order valence-electron chi connectivity index (χ3n) is 3.34. The number of amides is 3. The molecule has 3 amide bonds. The molecule has 2 rings (SSSR count). The number of carbonyl (C=O) groups excluding carboxylic acids is 4. The van der Waals surface area contributed by atoms with Gasteiger partial charge in [0.2, 0.25) is 11.8 Å². The van der Waals surface area contributed by atoms with Crippen LogP contribution in [0.25, 0.3) is 6.08 Å². The van der Waals surface area contributed by atoms with Crippen LogP contribution in [0.2, 0.25) is 0 Å². The van der Waals surface area contributed by atoms with Crippen LogP contribution in [0.4, 0.5) is 0 Å². The molecule has 7 nitrogen and oxygen atoms in total. The van der Waals surface area contributed by atoms with Gasteiger partial charge in [0.1, 0.15) is 5.70 Å². The smallest absolute Gasteiger partial charge is 0.355 e. The standard InChI is InChI=1S/C17H18N2O5/c1-12(20)18-14(10-13-6-3-2-4-7-13)17(23)24-11-16(22)19-9-5-8-15(19)21/h2-4,6-7,10H,5,8-9,11H2,1H3,(H,18,20)/b14-10-. The van der Waals surface area contributed by atoms with Crippen molar-refractivity contribution < 1.29 is 23.9 Å². The fraction of sp³-hybridized carbons (Fsp3) is 0.294. The highest BCUT2D eigenvalue weighted by Gasteiger charge is 2.27. The zero-order valence-electron chi connectivity index (χ0n) is 13.3. The lowest BCUT2D eigenvalue weighted by atomic mass is 10.2. The molecule has 24 heavy (non-hydrogen) atoms. The molecule has 0 bridgehead atoms. The number of nitrogens with one attached hydrogen (secondary N) is 1. The van der Waals surface area contributed by atoms with E-state index in [0.717, 1.165) is 4.90 Å². The highest BCUT2D eigenvalue weighted by atomic mass is 16.5. The van der Waals surface area contributed by atoms with E-state index in [-0.39, 0.29) is 11.6 Å². The van der Waals surface area contributed by atoms with Gasteiger partial charge in [-0.25, -0.2) is 4.79 Å². The third kappa shape index (κ3) is 4.77. The van der Waals surface area contributed by atoms with E-state index in [1.54, 1.807) is 24.3 Å². The Morgan fingerprint density at radius 1 is 1.25 bits per heavy atom. The molecular formula is C17H18N2O5. The van der Waals surface area contributed by atoms with Crippen LogP contribution in [-0.4, -0.2) is 41.7 Å². The second kappa shape index (κ2) is 8.05. The summed E-state index contributed by atoms with van der Waals surface area (Å²) in [6, 6.07) is 8.89. The van der Waals surface area contributed by atoms with Crippen molar-refractivity contribution in [1.29, 1.82) is 0 Å². The Hall–Kier alpha value is -2.96. The molecule has 0 radical (unpaired) electrons. The maximum absolute atomic E-state index is 12.1. The zero-order chi connectivity index (χ0) is 17.5. The Morgan fingerprint density at radius 2 is 1.96 bits per heavy atom. The summed E-state index contributed by atoms with van der Waals surface area (Å²) in [6.45, 7) is 1.06. The Morgan fingerprint density at radius 3 is 2.54 bits per heavy atom. The Kier molecular flexibility index (Phi) is 5.83. The van der Waals surface area contributed by atoms with Gasteiger partial charge < -0.3 is 10.1 Å². The topological polar surface area (TPSA) is 92.8 Å². The van der Waals surface area contributed by atoms with Gasteiger partial charge in [-0.1, -0.05) is 30.3 Å². The highest BCUT2D eigenvalue weighted by Crippen LogP contribution is 2.10. The van der Waals surface area contributed by atoms with Gasteiger partial charge in [0.05, 0.1) is 0 Å². The molecule has 1 fully saturated rings. The molecule has 0 atom stereocenters. The van der Waals surface area contributed by atoms with Crippen LogP contribution in [0.5, 0.6) is 0 Å². The first-order valence-corrected chi connectivity index (χ1v) is 7.52. The van der Waals surface area contributed by atoms with Crippen LogP contribution in [-0.2, 0) is 23.9 Å². The summed E-state index contributed by atoms with van der Waals surface area (Å²) < 4.78 is 4.93. The number of esters is 1. The molecule has 1 aliphatic heterocycles. The van der Waals surface area contributed by atoms with Crippen molar-refractivity contribution in [3.05, 3.63) is 41.6 Å². The maximum Gasteiger partial charge on any atom is 0.355 e. The van der Waals surface area contributed by atoms with Crippen molar-refractivity contribution in [2.45, 2.75) is 19.8 Å². The fourth-order valence-corrected chi connectivity index (χ4v) is 2.25. The number of likely N-dealkylation sites (tertiary alicyclic amines) is 1. The lowest BCUT2D eigenvalue weighted by Crippen LogP contribution is -2.36. The number of ether oxygens (including phenoxy) is 1. The van der Waals surface area contributed by atoms with Crippen molar-refractivity contribution >= 4 is 29.8 Å². The van der Waals surface area contributed by atoms with Gasteiger partial charge in [0.25, 0.3) is 5.91 Å². The quantitative estimate of drug-likeness (QED) is 0.638. The molecule has 1 saturated heterocycles. The van der Waals surface area contributed by atoms with E-state index in [0.29, 0.717) is 24.9 Å². The van der Waals surface area contributed by atoms with Crippen LogP contribution < -0.4 is 5.32 Å². The summed E-state index contributed by atoms with van der Waals surface area (Å²) in [5, 5.41) is 2.39. The number of benzene rings is 1. The summed E-state index contributed by atoms with van der Waals surface area (Å²) in [5.74, 6) is -2.10. The minimum atomic E-state index is -0.839. The zero-order valence-corrected chi connectivity index (χ0v) is 13.3. The van der Waals surface area contributed by atoms with Crippen LogP contribution in [0.15, 0.2) is 36.0 Å². The highest BCUT2D eigenvalue weighted by molar-refractivity contribution is 6.00. The maximum atomic E-state index is 12.1. The van der Waals surface area contributed by atoms with Crippen LogP contribution in [0.3, 0.4) is 0 Å². The molecule has 0 unspecified atom stereocenters. The van der Waals surface area contributed by atoms with Gasteiger partial charge in [-0.2, -0.15) is 0 Å². The second-order valence-corrected chi connectivity index (χ2v) is 5.27. The average molecular weight is 330 g/mol. The molecule has 1 heterocycles. The van der Waals surface area contributed by atoms with Crippen LogP contribution in [0, 0.1) is 0 Å². The number of hydrogen-bond donors (Lipinski definition) is 1. The molecule has 1 aromatic carbocycles.